The minimum Gasteiger partial charge on any atom is -0.497 e. The molecule has 0 amide bonds. The lowest BCUT2D eigenvalue weighted by molar-refractivity contribution is 0.217. The molecule has 0 bridgehead atoms. The van der Waals surface area contributed by atoms with Gasteiger partial charge in [0.15, 0.2) is 0 Å². The average Bonchev–Trinajstić information content (AvgIpc) is 2.36. The Morgan fingerprint density at radius 3 is 2.67 bits per heavy atom. The second-order valence-corrected chi connectivity index (χ2v) is 5.71. The van der Waals surface area contributed by atoms with E-state index in [-0.39, 0.29) is 5.41 Å². The van der Waals surface area contributed by atoms with Crippen molar-refractivity contribution in [1.82, 2.24) is 4.90 Å². The molecule has 0 radical (unpaired) electrons. The molecule has 0 aliphatic carbocycles. The summed E-state index contributed by atoms with van der Waals surface area (Å²) in [4.78, 5) is 2.34. The highest BCUT2D eigenvalue weighted by Crippen LogP contribution is 2.16. The van der Waals surface area contributed by atoms with Gasteiger partial charge >= 0.3 is 0 Å². The summed E-state index contributed by atoms with van der Waals surface area (Å²) in [5, 5.41) is 0. The van der Waals surface area contributed by atoms with E-state index in [4.69, 9.17) is 10.5 Å². The van der Waals surface area contributed by atoms with Gasteiger partial charge in [0.25, 0.3) is 0 Å². The zero-order valence-corrected chi connectivity index (χ0v) is 12.1. The summed E-state index contributed by atoms with van der Waals surface area (Å²) < 4.78 is 5.23. The van der Waals surface area contributed by atoms with Crippen molar-refractivity contribution >= 4 is 0 Å². The number of likely N-dealkylation sites (N-methyl/N-ethyl adjacent to an activating group) is 1. The van der Waals surface area contributed by atoms with E-state index >= 15 is 0 Å². The summed E-state index contributed by atoms with van der Waals surface area (Å²) in [7, 11) is 3.85. The Morgan fingerprint density at radius 2 is 2.06 bits per heavy atom. The van der Waals surface area contributed by atoms with Gasteiger partial charge in [-0.05, 0) is 43.1 Å². The molecule has 0 fully saturated rings. The predicted molar refractivity (Wildman–Crippen MR) is 77.0 cm³/mol. The highest BCUT2D eigenvalue weighted by molar-refractivity contribution is 5.28. The van der Waals surface area contributed by atoms with Crippen LogP contribution in [0.15, 0.2) is 24.3 Å². The van der Waals surface area contributed by atoms with Crippen molar-refractivity contribution in [1.29, 1.82) is 0 Å². The van der Waals surface area contributed by atoms with Crippen LogP contribution in [0.25, 0.3) is 0 Å². The number of nitrogens with two attached hydrogens (primary N) is 1. The third-order valence-corrected chi connectivity index (χ3v) is 3.17. The summed E-state index contributed by atoms with van der Waals surface area (Å²) in [5.74, 6) is 0.928. The zero-order chi connectivity index (χ0) is 13.6. The molecular weight excluding hydrogens is 224 g/mol. The van der Waals surface area contributed by atoms with E-state index in [0.29, 0.717) is 0 Å². The van der Waals surface area contributed by atoms with Gasteiger partial charge in [-0.2, -0.15) is 0 Å². The summed E-state index contributed by atoms with van der Waals surface area (Å²) in [5.41, 5.74) is 7.25. The third kappa shape index (κ3) is 5.07. The van der Waals surface area contributed by atoms with Crippen molar-refractivity contribution < 1.29 is 4.74 Å². The summed E-state index contributed by atoms with van der Waals surface area (Å²) in [6, 6.07) is 8.26. The van der Waals surface area contributed by atoms with E-state index in [9.17, 15) is 0 Å². The fourth-order valence-corrected chi connectivity index (χ4v) is 2.02. The molecule has 18 heavy (non-hydrogen) atoms. The molecule has 0 spiro atoms. The zero-order valence-electron chi connectivity index (χ0n) is 12.1. The molecule has 0 saturated heterocycles. The van der Waals surface area contributed by atoms with Gasteiger partial charge in [0, 0.05) is 13.1 Å². The Kier molecular flexibility index (Phi) is 5.63. The third-order valence-electron chi connectivity index (χ3n) is 3.17. The number of hydrogen-bond acceptors (Lipinski definition) is 3. The summed E-state index contributed by atoms with van der Waals surface area (Å²) in [6.07, 6.45) is 1.04. The van der Waals surface area contributed by atoms with E-state index in [2.05, 4.69) is 37.9 Å². The topological polar surface area (TPSA) is 38.5 Å². The molecular formula is C15H26N2O. The van der Waals surface area contributed by atoms with Gasteiger partial charge in [0.05, 0.1) is 7.11 Å². The predicted octanol–water partition coefficient (Wildman–Crippen LogP) is 2.15. The molecule has 0 aliphatic rings. The van der Waals surface area contributed by atoms with Crippen LogP contribution in [0.1, 0.15) is 19.4 Å². The monoisotopic (exact) mass is 250 g/mol. The minimum atomic E-state index is 0.184. The first-order valence-electron chi connectivity index (χ1n) is 6.48. The molecule has 0 atom stereocenters. The lowest BCUT2D eigenvalue weighted by Crippen LogP contribution is -2.37. The van der Waals surface area contributed by atoms with Crippen LogP contribution in [-0.2, 0) is 6.42 Å². The van der Waals surface area contributed by atoms with Crippen molar-refractivity contribution in [2.75, 3.05) is 33.8 Å². The van der Waals surface area contributed by atoms with Crippen molar-refractivity contribution in [3.05, 3.63) is 29.8 Å². The van der Waals surface area contributed by atoms with Crippen molar-refractivity contribution in [3.63, 3.8) is 0 Å². The molecule has 0 heterocycles. The van der Waals surface area contributed by atoms with Crippen LogP contribution in [0.3, 0.4) is 0 Å². The Labute approximate surface area is 111 Å². The second-order valence-electron chi connectivity index (χ2n) is 5.71. The maximum Gasteiger partial charge on any atom is 0.119 e. The molecule has 0 aromatic heterocycles. The van der Waals surface area contributed by atoms with Crippen molar-refractivity contribution in [2.45, 2.75) is 20.3 Å². The van der Waals surface area contributed by atoms with E-state index in [0.717, 1.165) is 31.8 Å². The number of benzene rings is 1. The molecule has 3 heteroatoms. The van der Waals surface area contributed by atoms with E-state index in [1.54, 1.807) is 7.11 Å². The van der Waals surface area contributed by atoms with Crippen LogP contribution in [0.5, 0.6) is 5.75 Å². The Balaban J connectivity index is 2.44. The van der Waals surface area contributed by atoms with E-state index < -0.39 is 0 Å². The molecule has 102 valence electrons. The van der Waals surface area contributed by atoms with E-state index in [1.807, 2.05) is 12.1 Å². The SMILES string of the molecule is COc1cccc(CCN(C)CC(C)(C)CN)c1. The van der Waals surface area contributed by atoms with Gasteiger partial charge in [-0.3, -0.25) is 0 Å². The smallest absolute Gasteiger partial charge is 0.119 e. The Morgan fingerprint density at radius 1 is 1.33 bits per heavy atom. The fourth-order valence-electron chi connectivity index (χ4n) is 2.02. The van der Waals surface area contributed by atoms with Gasteiger partial charge in [-0.1, -0.05) is 26.0 Å². The van der Waals surface area contributed by atoms with Crippen molar-refractivity contribution in [2.24, 2.45) is 11.1 Å². The molecule has 0 unspecified atom stereocenters. The number of nitrogens with zero attached hydrogens (tertiary/aromatic N) is 1. The van der Waals surface area contributed by atoms with Gasteiger partial charge in [0.1, 0.15) is 5.75 Å². The molecule has 1 aromatic carbocycles. The van der Waals surface area contributed by atoms with Crippen LogP contribution in [-0.4, -0.2) is 38.7 Å². The lowest BCUT2D eigenvalue weighted by atomic mass is 9.93. The van der Waals surface area contributed by atoms with Gasteiger partial charge in [-0.15, -0.1) is 0 Å². The van der Waals surface area contributed by atoms with Crippen LogP contribution < -0.4 is 10.5 Å². The fraction of sp³-hybridized carbons (Fsp3) is 0.600. The first-order chi connectivity index (χ1) is 8.46. The van der Waals surface area contributed by atoms with Gasteiger partial charge in [0.2, 0.25) is 0 Å². The maximum absolute atomic E-state index is 5.76. The second kappa shape index (κ2) is 6.76. The summed E-state index contributed by atoms with van der Waals surface area (Å²) >= 11 is 0. The number of ether oxygens (including phenoxy) is 1. The highest BCUT2D eigenvalue weighted by Gasteiger charge is 2.17. The molecule has 3 nitrogen and oxygen atoms in total. The van der Waals surface area contributed by atoms with Crippen LogP contribution in [0.2, 0.25) is 0 Å². The molecule has 0 aliphatic heterocycles. The van der Waals surface area contributed by atoms with Crippen LogP contribution in [0, 0.1) is 5.41 Å². The Bertz CT molecular complexity index is 363. The first kappa shape index (κ1) is 15.0. The van der Waals surface area contributed by atoms with Gasteiger partial charge in [-0.25, -0.2) is 0 Å². The summed E-state index contributed by atoms with van der Waals surface area (Å²) in [6.45, 7) is 7.19. The van der Waals surface area contributed by atoms with Gasteiger partial charge < -0.3 is 15.4 Å². The van der Waals surface area contributed by atoms with E-state index in [1.165, 1.54) is 5.56 Å². The Hall–Kier alpha value is -1.06. The van der Waals surface area contributed by atoms with Crippen molar-refractivity contribution in [3.8, 4) is 5.75 Å². The number of hydrogen-bond donors (Lipinski definition) is 1. The maximum atomic E-state index is 5.76. The molecule has 1 rings (SSSR count). The van der Waals surface area contributed by atoms with Crippen LogP contribution >= 0.6 is 0 Å². The number of methoxy groups -OCH3 is 1. The average molecular weight is 250 g/mol. The largest absolute Gasteiger partial charge is 0.497 e. The number of rotatable bonds is 7. The normalized spacial score (nSPS) is 11.9. The molecule has 2 N–H and O–H groups in total. The lowest BCUT2D eigenvalue weighted by Gasteiger charge is -2.29. The quantitative estimate of drug-likeness (QED) is 0.806. The molecule has 0 saturated carbocycles. The first-order valence-corrected chi connectivity index (χ1v) is 6.48. The molecule has 1 aromatic rings. The minimum absolute atomic E-state index is 0.184. The highest BCUT2D eigenvalue weighted by atomic mass is 16.5. The standard InChI is InChI=1S/C15H26N2O/c1-15(2,11-16)12-17(3)9-8-13-6-5-7-14(10-13)18-4/h5-7,10H,8-9,11-12,16H2,1-4H3. The van der Waals surface area contributed by atoms with Crippen LogP contribution in [0.4, 0.5) is 0 Å².